The number of anilines is 3. The second kappa shape index (κ2) is 12.6. The van der Waals surface area contributed by atoms with Gasteiger partial charge in [-0.1, -0.05) is 140 Å². The fraction of sp³-hybridized carbons (Fsp3) is 0. The van der Waals surface area contributed by atoms with Crippen LogP contribution in [0.25, 0.3) is 82.5 Å². The van der Waals surface area contributed by atoms with E-state index in [1.807, 2.05) is 12.1 Å². The van der Waals surface area contributed by atoms with Crippen LogP contribution in [0.1, 0.15) is 0 Å². The maximum absolute atomic E-state index is 6.28. The number of hydrogen-bond donors (Lipinski definition) is 0. The van der Waals surface area contributed by atoms with E-state index < -0.39 is 0 Å². The quantitative estimate of drug-likeness (QED) is 0.172. The van der Waals surface area contributed by atoms with Crippen LogP contribution in [0, 0.1) is 0 Å². The molecule has 0 amide bonds. The highest BCUT2D eigenvalue weighted by Crippen LogP contribution is 2.44. The van der Waals surface area contributed by atoms with Gasteiger partial charge >= 0.3 is 0 Å². The molecule has 0 unspecified atom stereocenters. The lowest BCUT2D eigenvalue weighted by Gasteiger charge is -2.27. The van der Waals surface area contributed by atoms with E-state index in [9.17, 15) is 0 Å². The molecule has 0 saturated heterocycles. The summed E-state index contributed by atoms with van der Waals surface area (Å²) in [5.41, 5.74) is 13.2. The summed E-state index contributed by atoms with van der Waals surface area (Å²) in [6, 6.07) is 74.0. The van der Waals surface area contributed by atoms with Gasteiger partial charge in [0.05, 0.1) is 11.0 Å². The van der Waals surface area contributed by atoms with Crippen LogP contribution in [0.3, 0.4) is 0 Å². The highest BCUT2D eigenvalue weighted by atomic mass is 16.3. The molecule has 3 heteroatoms. The first kappa shape index (κ1) is 31.2. The number of benzene rings is 9. The van der Waals surface area contributed by atoms with Crippen molar-refractivity contribution in [3.05, 3.63) is 206 Å². The molecule has 0 fully saturated rings. The zero-order chi connectivity index (χ0) is 36.3. The van der Waals surface area contributed by atoms with Crippen molar-refractivity contribution in [1.29, 1.82) is 0 Å². The third-order valence-corrected chi connectivity index (χ3v) is 10.9. The van der Waals surface area contributed by atoms with Crippen LogP contribution in [-0.2, 0) is 0 Å². The smallest absolute Gasteiger partial charge is 0.135 e. The second-order valence-corrected chi connectivity index (χ2v) is 14.1. The van der Waals surface area contributed by atoms with Gasteiger partial charge in [0.1, 0.15) is 11.2 Å². The molecule has 2 aromatic heterocycles. The molecule has 9 aromatic carbocycles. The Morgan fingerprint density at radius 3 is 1.85 bits per heavy atom. The van der Waals surface area contributed by atoms with Crippen LogP contribution in [0.4, 0.5) is 17.1 Å². The Morgan fingerprint density at radius 2 is 1.00 bits per heavy atom. The molecule has 3 nitrogen and oxygen atoms in total. The van der Waals surface area contributed by atoms with Gasteiger partial charge in [-0.05, 0) is 99.8 Å². The van der Waals surface area contributed by atoms with E-state index in [2.05, 4.69) is 204 Å². The molecule has 0 radical (unpaired) electrons. The van der Waals surface area contributed by atoms with Gasteiger partial charge < -0.3 is 13.9 Å². The highest BCUT2D eigenvalue weighted by molar-refractivity contribution is 6.25. The SMILES string of the molecule is c1ccc(-c2cccc(N(c3cccc(-n4c5cccc(-c6ccccc6)c5c5c6ccccc6ccc54)c3)c3ccc4oc5ccccc5c4c3)c2)cc1. The molecular formula is C52H34N2O. The molecule has 0 spiro atoms. The predicted molar refractivity (Wildman–Crippen MR) is 231 cm³/mol. The average molecular weight is 703 g/mol. The van der Waals surface area contributed by atoms with Crippen molar-refractivity contribution in [3.8, 4) is 27.9 Å². The largest absolute Gasteiger partial charge is 0.456 e. The lowest BCUT2D eigenvalue weighted by Crippen LogP contribution is -2.10. The zero-order valence-electron chi connectivity index (χ0n) is 29.9. The molecule has 2 heterocycles. The number of furan rings is 1. The van der Waals surface area contributed by atoms with E-state index in [1.54, 1.807) is 0 Å². The molecule has 11 aromatic rings. The standard InChI is InChI=1S/C52H34N2O/c1-3-14-35(15-4-1)38-19-11-20-39(32-38)53(42-29-31-50-46(34-42)45-24-9-10-27-49(45)55-50)40-21-12-22-41(33-40)54-47-26-13-25-44(36-16-5-2-6-17-36)51(47)52-43-23-8-7-18-37(43)28-30-48(52)54/h1-34H. The Bertz CT molecular complexity index is 3210. The minimum Gasteiger partial charge on any atom is -0.456 e. The van der Waals surface area contributed by atoms with Gasteiger partial charge in [0.15, 0.2) is 0 Å². The van der Waals surface area contributed by atoms with Crippen molar-refractivity contribution in [1.82, 2.24) is 4.57 Å². The third-order valence-electron chi connectivity index (χ3n) is 10.9. The molecule has 0 saturated carbocycles. The maximum Gasteiger partial charge on any atom is 0.135 e. The van der Waals surface area contributed by atoms with Crippen LogP contribution < -0.4 is 4.90 Å². The van der Waals surface area contributed by atoms with Gasteiger partial charge in [-0.25, -0.2) is 0 Å². The molecule has 0 aliphatic rings. The maximum atomic E-state index is 6.28. The van der Waals surface area contributed by atoms with Crippen molar-refractivity contribution in [3.63, 3.8) is 0 Å². The molecular weight excluding hydrogens is 669 g/mol. The molecule has 0 N–H and O–H groups in total. The minimum absolute atomic E-state index is 0.878. The van der Waals surface area contributed by atoms with Gasteiger partial charge in [-0.3, -0.25) is 0 Å². The van der Waals surface area contributed by atoms with E-state index in [1.165, 1.54) is 49.3 Å². The van der Waals surface area contributed by atoms with Crippen LogP contribution in [0.2, 0.25) is 0 Å². The van der Waals surface area contributed by atoms with Crippen molar-refractivity contribution in [2.75, 3.05) is 4.90 Å². The Balaban J connectivity index is 1.16. The summed E-state index contributed by atoms with van der Waals surface area (Å²) < 4.78 is 8.72. The fourth-order valence-electron chi connectivity index (χ4n) is 8.49. The van der Waals surface area contributed by atoms with Crippen molar-refractivity contribution >= 4 is 71.6 Å². The lowest BCUT2D eigenvalue weighted by atomic mass is 9.97. The number of aromatic nitrogens is 1. The van der Waals surface area contributed by atoms with E-state index in [0.29, 0.717) is 0 Å². The van der Waals surface area contributed by atoms with Gasteiger partial charge in [-0.2, -0.15) is 0 Å². The Labute approximate surface area is 318 Å². The van der Waals surface area contributed by atoms with Crippen LogP contribution >= 0.6 is 0 Å². The fourth-order valence-corrected chi connectivity index (χ4v) is 8.49. The zero-order valence-corrected chi connectivity index (χ0v) is 29.9. The van der Waals surface area contributed by atoms with Gasteiger partial charge in [-0.15, -0.1) is 0 Å². The minimum atomic E-state index is 0.878. The number of hydrogen-bond acceptors (Lipinski definition) is 2. The molecule has 0 aliphatic heterocycles. The lowest BCUT2D eigenvalue weighted by molar-refractivity contribution is 0.669. The van der Waals surface area contributed by atoms with E-state index in [4.69, 9.17) is 4.42 Å². The molecule has 0 bridgehead atoms. The molecule has 258 valence electrons. The Hall–Kier alpha value is -7.36. The Kier molecular flexibility index (Phi) is 7.17. The van der Waals surface area contributed by atoms with E-state index >= 15 is 0 Å². The highest BCUT2D eigenvalue weighted by Gasteiger charge is 2.21. The van der Waals surface area contributed by atoms with Crippen molar-refractivity contribution in [2.45, 2.75) is 0 Å². The van der Waals surface area contributed by atoms with Crippen LogP contribution in [0.5, 0.6) is 0 Å². The van der Waals surface area contributed by atoms with Gasteiger partial charge in [0, 0.05) is 44.3 Å². The summed E-state index contributed by atoms with van der Waals surface area (Å²) in [5, 5.41) is 7.22. The summed E-state index contributed by atoms with van der Waals surface area (Å²) in [4.78, 5) is 2.37. The van der Waals surface area contributed by atoms with Gasteiger partial charge in [0.2, 0.25) is 0 Å². The third kappa shape index (κ3) is 5.13. The van der Waals surface area contributed by atoms with E-state index in [-0.39, 0.29) is 0 Å². The molecule has 55 heavy (non-hydrogen) atoms. The first-order chi connectivity index (χ1) is 27.3. The monoisotopic (exact) mass is 702 g/mol. The summed E-state index contributed by atoms with van der Waals surface area (Å²) in [7, 11) is 0. The second-order valence-electron chi connectivity index (χ2n) is 14.1. The summed E-state index contributed by atoms with van der Waals surface area (Å²) in [6.45, 7) is 0. The molecule has 0 aliphatic carbocycles. The van der Waals surface area contributed by atoms with Gasteiger partial charge in [0.25, 0.3) is 0 Å². The predicted octanol–water partition coefficient (Wildman–Crippen LogP) is 14.6. The number of para-hydroxylation sites is 1. The topological polar surface area (TPSA) is 21.3 Å². The van der Waals surface area contributed by atoms with Crippen LogP contribution in [-0.4, -0.2) is 4.57 Å². The van der Waals surface area contributed by atoms with Crippen LogP contribution in [0.15, 0.2) is 211 Å². The first-order valence-corrected chi connectivity index (χ1v) is 18.8. The van der Waals surface area contributed by atoms with E-state index in [0.717, 1.165) is 50.3 Å². The Morgan fingerprint density at radius 1 is 0.364 bits per heavy atom. The summed E-state index contributed by atoms with van der Waals surface area (Å²) in [5.74, 6) is 0. The number of rotatable bonds is 6. The summed E-state index contributed by atoms with van der Waals surface area (Å²) >= 11 is 0. The molecule has 0 atom stereocenters. The summed E-state index contributed by atoms with van der Waals surface area (Å²) in [6.07, 6.45) is 0. The van der Waals surface area contributed by atoms with Crippen molar-refractivity contribution in [2.24, 2.45) is 0 Å². The average Bonchev–Trinajstić information content (AvgIpc) is 3.81. The number of fused-ring (bicyclic) bond motifs is 8. The first-order valence-electron chi connectivity index (χ1n) is 18.8. The normalized spacial score (nSPS) is 11.6. The van der Waals surface area contributed by atoms with Crippen molar-refractivity contribution < 1.29 is 4.42 Å². The molecule has 11 rings (SSSR count). The number of nitrogens with zero attached hydrogens (tertiary/aromatic N) is 2.